The van der Waals surface area contributed by atoms with E-state index in [1.165, 1.54) is 0 Å². The van der Waals surface area contributed by atoms with Gasteiger partial charge in [-0.25, -0.2) is 0 Å². The van der Waals surface area contributed by atoms with Gasteiger partial charge in [0.15, 0.2) is 11.5 Å². The van der Waals surface area contributed by atoms with Crippen molar-refractivity contribution in [3.8, 4) is 17.2 Å². The molecule has 140 valence electrons. The van der Waals surface area contributed by atoms with E-state index in [1.807, 2.05) is 13.8 Å². The number of ether oxygens (including phenoxy) is 4. The van der Waals surface area contributed by atoms with Gasteiger partial charge in [0.2, 0.25) is 5.75 Å². The molecule has 0 aromatic heterocycles. The van der Waals surface area contributed by atoms with Gasteiger partial charge in [0, 0.05) is 5.92 Å². The first-order chi connectivity index (χ1) is 11.9. The van der Waals surface area contributed by atoms with E-state index in [4.69, 9.17) is 18.9 Å². The number of carbonyl (C=O) groups excluding carboxylic acids is 1. The first-order valence-corrected chi connectivity index (χ1v) is 8.62. The molecule has 1 aliphatic heterocycles. The maximum Gasteiger partial charge on any atom is 0.310 e. The molecule has 0 atom stereocenters. The summed E-state index contributed by atoms with van der Waals surface area (Å²) in [7, 11) is 4.66. The van der Waals surface area contributed by atoms with E-state index in [1.54, 1.807) is 33.5 Å². The number of benzene rings is 1. The number of esters is 1. The van der Waals surface area contributed by atoms with Gasteiger partial charge in [-0.2, -0.15) is 0 Å². The van der Waals surface area contributed by atoms with Gasteiger partial charge in [0.1, 0.15) is 5.60 Å². The van der Waals surface area contributed by atoms with Crippen LogP contribution in [0.1, 0.15) is 32.3 Å². The second kappa shape index (κ2) is 8.43. The van der Waals surface area contributed by atoms with Crippen molar-refractivity contribution >= 4 is 5.97 Å². The van der Waals surface area contributed by atoms with Crippen molar-refractivity contribution in [2.24, 2.45) is 5.92 Å². The van der Waals surface area contributed by atoms with Crippen LogP contribution >= 0.6 is 0 Å². The molecule has 1 saturated heterocycles. The van der Waals surface area contributed by atoms with Crippen LogP contribution in [0.4, 0.5) is 0 Å². The summed E-state index contributed by atoms with van der Waals surface area (Å²) >= 11 is 0. The van der Waals surface area contributed by atoms with E-state index >= 15 is 0 Å². The first-order valence-electron chi connectivity index (χ1n) is 8.62. The zero-order valence-electron chi connectivity index (χ0n) is 15.8. The molecule has 0 aliphatic carbocycles. The van der Waals surface area contributed by atoms with Gasteiger partial charge in [-0.05, 0) is 57.5 Å². The second-order valence-corrected chi connectivity index (χ2v) is 6.81. The molecule has 1 aliphatic rings. The highest BCUT2D eigenvalue weighted by Gasteiger charge is 2.34. The number of carbonyl (C=O) groups is 1. The minimum absolute atomic E-state index is 0.158. The third-order valence-corrected chi connectivity index (χ3v) is 4.77. The predicted molar refractivity (Wildman–Crippen MR) is 95.6 cm³/mol. The van der Waals surface area contributed by atoms with E-state index in [9.17, 15) is 4.79 Å². The lowest BCUT2D eigenvalue weighted by Gasteiger charge is -2.36. The summed E-state index contributed by atoms with van der Waals surface area (Å²) in [6, 6.07) is 3.56. The minimum Gasteiger partial charge on any atom is -0.493 e. The topological polar surface area (TPSA) is 66.0 Å². The van der Waals surface area contributed by atoms with Crippen molar-refractivity contribution in [1.29, 1.82) is 0 Å². The molecule has 25 heavy (non-hydrogen) atoms. The van der Waals surface area contributed by atoms with Crippen molar-refractivity contribution in [1.82, 2.24) is 5.32 Å². The molecule has 1 heterocycles. The molecule has 0 radical (unpaired) electrons. The summed E-state index contributed by atoms with van der Waals surface area (Å²) < 4.78 is 21.8. The van der Waals surface area contributed by atoms with Crippen LogP contribution in [0.5, 0.6) is 17.2 Å². The molecule has 6 heteroatoms. The van der Waals surface area contributed by atoms with E-state index < -0.39 is 5.60 Å². The number of hydrogen-bond acceptors (Lipinski definition) is 6. The van der Waals surface area contributed by atoms with Crippen LogP contribution in [0.2, 0.25) is 0 Å². The van der Waals surface area contributed by atoms with Gasteiger partial charge in [0.25, 0.3) is 0 Å². The van der Waals surface area contributed by atoms with E-state index in [0.29, 0.717) is 23.2 Å². The van der Waals surface area contributed by atoms with Crippen LogP contribution in [-0.4, -0.2) is 46.0 Å². The fraction of sp³-hybridized carbons (Fsp3) is 0.632. The molecule has 1 fully saturated rings. The van der Waals surface area contributed by atoms with E-state index in [2.05, 4.69) is 5.32 Å². The Bertz CT molecular complexity index is 568. The molecule has 0 spiro atoms. The summed E-state index contributed by atoms with van der Waals surface area (Å²) in [4.78, 5) is 12.5. The summed E-state index contributed by atoms with van der Waals surface area (Å²) in [6.45, 7) is 5.93. The average Bonchev–Trinajstić information content (AvgIpc) is 2.60. The quantitative estimate of drug-likeness (QED) is 0.762. The lowest BCUT2D eigenvalue weighted by atomic mass is 9.83. The molecule has 1 aromatic carbocycles. The zero-order chi connectivity index (χ0) is 18.4. The first kappa shape index (κ1) is 19.4. The van der Waals surface area contributed by atoms with Gasteiger partial charge >= 0.3 is 5.97 Å². The van der Waals surface area contributed by atoms with Gasteiger partial charge in [-0.1, -0.05) is 0 Å². The molecular formula is C19H29NO5. The Hall–Kier alpha value is -1.95. The second-order valence-electron chi connectivity index (χ2n) is 6.81. The maximum atomic E-state index is 12.5. The molecule has 0 unspecified atom stereocenters. The van der Waals surface area contributed by atoms with Crippen molar-refractivity contribution in [2.45, 2.75) is 38.7 Å². The van der Waals surface area contributed by atoms with Gasteiger partial charge in [-0.15, -0.1) is 0 Å². The Morgan fingerprint density at radius 3 is 2.12 bits per heavy atom. The van der Waals surface area contributed by atoms with Crippen LogP contribution < -0.4 is 19.5 Å². The molecule has 1 N–H and O–H groups in total. The molecular weight excluding hydrogens is 322 g/mol. The van der Waals surface area contributed by atoms with Crippen molar-refractivity contribution in [3.05, 3.63) is 17.7 Å². The third-order valence-electron chi connectivity index (χ3n) is 4.77. The van der Waals surface area contributed by atoms with Crippen molar-refractivity contribution in [2.75, 3.05) is 34.4 Å². The number of nitrogens with one attached hydrogen (secondary N) is 1. The summed E-state index contributed by atoms with van der Waals surface area (Å²) in [6.07, 6.45) is 2.19. The Labute approximate surface area is 149 Å². The maximum absolute atomic E-state index is 12.5. The minimum atomic E-state index is -0.472. The van der Waals surface area contributed by atoms with Gasteiger partial charge in [-0.3, -0.25) is 4.79 Å². The van der Waals surface area contributed by atoms with Crippen LogP contribution in [0.15, 0.2) is 12.1 Å². The third kappa shape index (κ3) is 4.78. The Kier molecular flexibility index (Phi) is 6.53. The van der Waals surface area contributed by atoms with Crippen LogP contribution in [0, 0.1) is 5.92 Å². The van der Waals surface area contributed by atoms with Crippen molar-refractivity contribution < 1.29 is 23.7 Å². The van der Waals surface area contributed by atoms with Crippen LogP contribution in [0.25, 0.3) is 0 Å². The Morgan fingerprint density at radius 2 is 1.64 bits per heavy atom. The highest BCUT2D eigenvalue weighted by Crippen LogP contribution is 2.38. The number of piperidine rings is 1. The number of methoxy groups -OCH3 is 3. The molecule has 0 bridgehead atoms. The lowest BCUT2D eigenvalue weighted by Crippen LogP contribution is -2.43. The smallest absolute Gasteiger partial charge is 0.310 e. The standard InChI is InChI=1S/C19H29NO5/c1-19(2,14-6-8-20-9-7-14)25-17(21)12-13-10-15(22-3)18(24-5)16(11-13)23-4/h10-11,14,20H,6-9,12H2,1-5H3. The van der Waals surface area contributed by atoms with E-state index in [-0.39, 0.29) is 12.4 Å². The predicted octanol–water partition coefficient (Wildman–Crippen LogP) is 2.58. The Morgan fingerprint density at radius 1 is 1.08 bits per heavy atom. The molecule has 0 saturated carbocycles. The lowest BCUT2D eigenvalue weighted by molar-refractivity contribution is -0.161. The van der Waals surface area contributed by atoms with Gasteiger partial charge < -0.3 is 24.3 Å². The fourth-order valence-corrected chi connectivity index (χ4v) is 3.33. The molecule has 6 nitrogen and oxygen atoms in total. The number of rotatable bonds is 7. The van der Waals surface area contributed by atoms with Crippen molar-refractivity contribution in [3.63, 3.8) is 0 Å². The van der Waals surface area contributed by atoms with E-state index in [0.717, 1.165) is 31.5 Å². The summed E-state index contributed by atoms with van der Waals surface area (Å²) in [5, 5.41) is 3.34. The molecule has 1 aromatic rings. The molecule has 2 rings (SSSR count). The normalized spacial score (nSPS) is 15.6. The monoisotopic (exact) mass is 351 g/mol. The largest absolute Gasteiger partial charge is 0.493 e. The average molecular weight is 351 g/mol. The number of hydrogen-bond donors (Lipinski definition) is 1. The fourth-order valence-electron chi connectivity index (χ4n) is 3.33. The SMILES string of the molecule is COc1cc(CC(=O)OC(C)(C)C2CCNCC2)cc(OC)c1OC. The molecule has 0 amide bonds. The Balaban J connectivity index is 2.09. The van der Waals surface area contributed by atoms with Gasteiger partial charge in [0.05, 0.1) is 27.8 Å². The van der Waals surface area contributed by atoms with Crippen LogP contribution in [0.3, 0.4) is 0 Å². The summed E-state index contributed by atoms with van der Waals surface area (Å²) in [5.41, 5.74) is 0.292. The van der Waals surface area contributed by atoms with Crippen LogP contribution in [-0.2, 0) is 16.0 Å². The summed E-state index contributed by atoms with van der Waals surface area (Å²) in [5.74, 6) is 1.69. The highest BCUT2D eigenvalue weighted by molar-refractivity contribution is 5.74. The zero-order valence-corrected chi connectivity index (χ0v) is 15.8. The highest BCUT2D eigenvalue weighted by atomic mass is 16.6.